The van der Waals surface area contributed by atoms with Crippen LogP contribution in [-0.2, 0) is 6.54 Å². The molecule has 0 spiro atoms. The number of rotatable bonds is 2. The van der Waals surface area contributed by atoms with E-state index in [1.165, 1.54) is 0 Å². The topological polar surface area (TPSA) is 80.5 Å². The molecule has 0 fully saturated rings. The van der Waals surface area contributed by atoms with Gasteiger partial charge in [0.1, 0.15) is 17.0 Å². The van der Waals surface area contributed by atoms with Gasteiger partial charge in [-0.3, -0.25) is 4.68 Å². The first kappa shape index (κ1) is 10.5. The standard InChI is InChI=1S/C10H8ClN5/c11-10-7(5-12)1-2-8(14-10)6-16-4-3-9(13)15-16/h1-4H,6H2,(H2,13,15). The lowest BCUT2D eigenvalue weighted by molar-refractivity contribution is 0.676. The van der Waals surface area contributed by atoms with Crippen LogP contribution in [0.3, 0.4) is 0 Å². The van der Waals surface area contributed by atoms with E-state index in [9.17, 15) is 0 Å². The van der Waals surface area contributed by atoms with Crippen molar-refractivity contribution in [2.75, 3.05) is 5.73 Å². The Morgan fingerprint density at radius 3 is 2.81 bits per heavy atom. The van der Waals surface area contributed by atoms with E-state index in [4.69, 9.17) is 22.6 Å². The average Bonchev–Trinajstić information content (AvgIpc) is 2.64. The van der Waals surface area contributed by atoms with Gasteiger partial charge in [-0.25, -0.2) is 4.98 Å². The number of nitrogens with two attached hydrogens (primary N) is 1. The fourth-order valence-electron chi connectivity index (χ4n) is 1.27. The van der Waals surface area contributed by atoms with Crippen molar-refractivity contribution in [3.8, 4) is 6.07 Å². The number of aromatic nitrogens is 3. The van der Waals surface area contributed by atoms with Crippen molar-refractivity contribution in [1.29, 1.82) is 5.26 Å². The molecule has 0 aliphatic heterocycles. The molecule has 0 radical (unpaired) electrons. The lowest BCUT2D eigenvalue weighted by atomic mass is 10.2. The van der Waals surface area contributed by atoms with E-state index >= 15 is 0 Å². The first-order valence-electron chi connectivity index (χ1n) is 4.53. The molecular formula is C10H8ClN5. The Morgan fingerprint density at radius 1 is 1.44 bits per heavy atom. The maximum Gasteiger partial charge on any atom is 0.147 e. The first-order chi connectivity index (χ1) is 7.69. The summed E-state index contributed by atoms with van der Waals surface area (Å²) in [5.74, 6) is 0.458. The molecule has 0 unspecified atom stereocenters. The molecule has 80 valence electrons. The van der Waals surface area contributed by atoms with Gasteiger partial charge in [-0.2, -0.15) is 10.4 Å². The molecule has 0 aliphatic rings. The Labute approximate surface area is 97.1 Å². The van der Waals surface area contributed by atoms with Crippen LogP contribution in [-0.4, -0.2) is 14.8 Å². The Balaban J connectivity index is 2.23. The Kier molecular flexibility index (Phi) is 2.75. The minimum atomic E-state index is 0.208. The number of pyridine rings is 1. The number of hydrogen-bond acceptors (Lipinski definition) is 4. The van der Waals surface area contributed by atoms with Gasteiger partial charge in [0.25, 0.3) is 0 Å². The molecule has 0 amide bonds. The van der Waals surface area contributed by atoms with Gasteiger partial charge in [0.05, 0.1) is 17.8 Å². The maximum atomic E-state index is 8.69. The number of hydrogen-bond donors (Lipinski definition) is 1. The summed E-state index contributed by atoms with van der Waals surface area (Å²) in [4.78, 5) is 4.09. The second kappa shape index (κ2) is 4.21. The smallest absolute Gasteiger partial charge is 0.147 e. The lowest BCUT2D eigenvalue weighted by Gasteiger charge is -2.02. The van der Waals surface area contributed by atoms with Crippen LogP contribution in [0.5, 0.6) is 0 Å². The number of nitrogen functional groups attached to an aromatic ring is 1. The van der Waals surface area contributed by atoms with E-state index in [2.05, 4.69) is 10.1 Å². The van der Waals surface area contributed by atoms with Gasteiger partial charge in [-0.05, 0) is 18.2 Å². The SMILES string of the molecule is N#Cc1ccc(Cn2ccc(N)n2)nc1Cl. The zero-order valence-electron chi connectivity index (χ0n) is 8.26. The Morgan fingerprint density at radius 2 is 2.25 bits per heavy atom. The number of nitriles is 1. The monoisotopic (exact) mass is 233 g/mol. The van der Waals surface area contributed by atoms with Crippen molar-refractivity contribution >= 4 is 17.4 Å². The molecule has 0 saturated heterocycles. The zero-order valence-corrected chi connectivity index (χ0v) is 9.02. The summed E-state index contributed by atoms with van der Waals surface area (Å²) in [6, 6.07) is 7.03. The molecule has 0 atom stereocenters. The minimum Gasteiger partial charge on any atom is -0.382 e. The molecule has 16 heavy (non-hydrogen) atoms. The fourth-order valence-corrected chi connectivity index (χ4v) is 1.49. The highest BCUT2D eigenvalue weighted by molar-refractivity contribution is 6.30. The van der Waals surface area contributed by atoms with E-state index in [0.717, 1.165) is 5.69 Å². The molecule has 0 aliphatic carbocycles. The Bertz CT molecular complexity index is 555. The van der Waals surface area contributed by atoms with Crippen LogP contribution in [0.25, 0.3) is 0 Å². The fraction of sp³-hybridized carbons (Fsp3) is 0.100. The molecule has 2 heterocycles. The third-order valence-corrected chi connectivity index (χ3v) is 2.30. The van der Waals surface area contributed by atoms with Gasteiger partial charge in [0, 0.05) is 6.20 Å². The molecule has 2 N–H and O–H groups in total. The van der Waals surface area contributed by atoms with Crippen molar-refractivity contribution in [1.82, 2.24) is 14.8 Å². The highest BCUT2D eigenvalue weighted by atomic mass is 35.5. The summed E-state index contributed by atoms with van der Waals surface area (Å²) in [6.07, 6.45) is 1.75. The van der Waals surface area contributed by atoms with Crippen molar-refractivity contribution in [2.24, 2.45) is 0 Å². The largest absolute Gasteiger partial charge is 0.382 e. The third-order valence-electron chi connectivity index (χ3n) is 2.01. The summed E-state index contributed by atoms with van der Waals surface area (Å²) >= 11 is 5.81. The van der Waals surface area contributed by atoms with Gasteiger partial charge >= 0.3 is 0 Å². The predicted molar refractivity (Wildman–Crippen MR) is 59.7 cm³/mol. The van der Waals surface area contributed by atoms with Gasteiger partial charge < -0.3 is 5.73 Å². The predicted octanol–water partition coefficient (Wildman–Crippen LogP) is 1.43. The molecule has 0 saturated carbocycles. The molecule has 2 aromatic rings. The van der Waals surface area contributed by atoms with Crippen molar-refractivity contribution in [3.63, 3.8) is 0 Å². The van der Waals surface area contributed by atoms with Crippen LogP contribution in [0, 0.1) is 11.3 Å². The quantitative estimate of drug-likeness (QED) is 0.796. The van der Waals surface area contributed by atoms with E-state index in [1.54, 1.807) is 29.1 Å². The third kappa shape index (κ3) is 2.12. The van der Waals surface area contributed by atoms with E-state index in [0.29, 0.717) is 17.9 Å². The van der Waals surface area contributed by atoms with E-state index < -0.39 is 0 Å². The molecule has 5 nitrogen and oxygen atoms in total. The van der Waals surface area contributed by atoms with Gasteiger partial charge in [-0.15, -0.1) is 0 Å². The summed E-state index contributed by atoms with van der Waals surface area (Å²) in [6.45, 7) is 0.475. The van der Waals surface area contributed by atoms with Crippen LogP contribution in [0.1, 0.15) is 11.3 Å². The lowest BCUT2D eigenvalue weighted by Crippen LogP contribution is -2.03. The molecule has 2 aromatic heterocycles. The molecule has 2 rings (SSSR count). The highest BCUT2D eigenvalue weighted by Gasteiger charge is 2.04. The van der Waals surface area contributed by atoms with Crippen LogP contribution >= 0.6 is 11.6 Å². The van der Waals surface area contributed by atoms with Crippen molar-refractivity contribution < 1.29 is 0 Å². The van der Waals surface area contributed by atoms with E-state index in [1.807, 2.05) is 6.07 Å². The number of nitrogens with zero attached hydrogens (tertiary/aromatic N) is 4. The number of halogens is 1. The molecule has 0 aromatic carbocycles. The summed E-state index contributed by atoms with van der Waals surface area (Å²) < 4.78 is 1.65. The highest BCUT2D eigenvalue weighted by Crippen LogP contribution is 2.13. The van der Waals surface area contributed by atoms with Gasteiger partial charge in [0.2, 0.25) is 0 Å². The van der Waals surface area contributed by atoms with Crippen molar-refractivity contribution in [3.05, 3.63) is 40.8 Å². The molecule has 0 bridgehead atoms. The average molecular weight is 234 g/mol. The van der Waals surface area contributed by atoms with Crippen LogP contribution in [0.2, 0.25) is 5.15 Å². The first-order valence-corrected chi connectivity index (χ1v) is 4.91. The van der Waals surface area contributed by atoms with Crippen LogP contribution < -0.4 is 5.73 Å². The Hall–Kier alpha value is -2.06. The van der Waals surface area contributed by atoms with Gasteiger partial charge in [0.15, 0.2) is 0 Å². The second-order valence-corrected chi connectivity index (χ2v) is 3.55. The minimum absolute atomic E-state index is 0.208. The number of anilines is 1. The van der Waals surface area contributed by atoms with Gasteiger partial charge in [-0.1, -0.05) is 11.6 Å². The van der Waals surface area contributed by atoms with Crippen molar-refractivity contribution in [2.45, 2.75) is 6.54 Å². The van der Waals surface area contributed by atoms with E-state index in [-0.39, 0.29) is 5.15 Å². The zero-order chi connectivity index (χ0) is 11.5. The molecule has 6 heteroatoms. The summed E-state index contributed by atoms with van der Waals surface area (Å²) in [7, 11) is 0. The second-order valence-electron chi connectivity index (χ2n) is 3.19. The maximum absolute atomic E-state index is 8.69. The normalized spacial score (nSPS) is 10.0. The summed E-state index contributed by atoms with van der Waals surface area (Å²) in [5.41, 5.74) is 6.58. The van der Waals surface area contributed by atoms with Crippen LogP contribution in [0.15, 0.2) is 24.4 Å². The summed E-state index contributed by atoms with van der Waals surface area (Å²) in [5, 5.41) is 12.9. The molecular weight excluding hydrogens is 226 g/mol. The van der Waals surface area contributed by atoms with Crippen LogP contribution in [0.4, 0.5) is 5.82 Å².